The SMILES string of the molecule is Cc1ccc(NC(=O)c2cccc(NC(=O)CSc3nncn3C)c2)c(Cl)c1. The summed E-state index contributed by atoms with van der Waals surface area (Å²) in [5.41, 5.74) is 2.49. The van der Waals surface area contributed by atoms with Crippen molar-refractivity contribution in [2.75, 3.05) is 16.4 Å². The van der Waals surface area contributed by atoms with Crippen molar-refractivity contribution in [2.24, 2.45) is 7.05 Å². The summed E-state index contributed by atoms with van der Waals surface area (Å²) in [5.74, 6) is -0.329. The first-order chi connectivity index (χ1) is 13.4. The molecule has 2 amide bonds. The van der Waals surface area contributed by atoms with Gasteiger partial charge in [0.25, 0.3) is 5.91 Å². The van der Waals surface area contributed by atoms with E-state index in [4.69, 9.17) is 11.6 Å². The normalized spacial score (nSPS) is 10.5. The number of hydrogen-bond acceptors (Lipinski definition) is 5. The van der Waals surface area contributed by atoms with Crippen molar-refractivity contribution in [1.29, 1.82) is 0 Å². The molecule has 3 aromatic rings. The molecule has 3 rings (SSSR count). The summed E-state index contributed by atoms with van der Waals surface area (Å²) in [6.07, 6.45) is 1.57. The molecule has 0 spiro atoms. The van der Waals surface area contributed by atoms with E-state index in [1.54, 1.807) is 47.3 Å². The van der Waals surface area contributed by atoms with Gasteiger partial charge in [-0.15, -0.1) is 10.2 Å². The molecule has 0 unspecified atom stereocenters. The van der Waals surface area contributed by atoms with Crippen molar-refractivity contribution in [3.8, 4) is 0 Å². The third-order valence-corrected chi connectivity index (χ3v) is 5.13. The number of carbonyl (C=O) groups excluding carboxylic acids is 2. The fraction of sp³-hybridized carbons (Fsp3) is 0.158. The highest BCUT2D eigenvalue weighted by Gasteiger charge is 2.11. The van der Waals surface area contributed by atoms with E-state index < -0.39 is 0 Å². The van der Waals surface area contributed by atoms with Crippen molar-refractivity contribution in [2.45, 2.75) is 12.1 Å². The number of anilines is 2. The van der Waals surface area contributed by atoms with Crippen LogP contribution in [0.1, 0.15) is 15.9 Å². The number of nitrogens with one attached hydrogen (secondary N) is 2. The Kier molecular flexibility index (Phi) is 6.33. The van der Waals surface area contributed by atoms with Crippen LogP contribution < -0.4 is 10.6 Å². The number of carbonyl (C=O) groups is 2. The molecule has 2 N–H and O–H groups in total. The number of amides is 2. The van der Waals surface area contributed by atoms with E-state index in [1.807, 2.05) is 20.0 Å². The quantitative estimate of drug-likeness (QED) is 0.598. The van der Waals surface area contributed by atoms with Crippen molar-refractivity contribution in [1.82, 2.24) is 14.8 Å². The van der Waals surface area contributed by atoms with E-state index in [0.717, 1.165) is 5.56 Å². The Hall–Kier alpha value is -2.84. The molecule has 0 bridgehead atoms. The fourth-order valence-corrected chi connectivity index (χ4v) is 3.35. The van der Waals surface area contributed by atoms with Gasteiger partial charge in [0.05, 0.1) is 16.5 Å². The third-order valence-electron chi connectivity index (χ3n) is 3.78. The van der Waals surface area contributed by atoms with Crippen molar-refractivity contribution >= 4 is 46.6 Å². The van der Waals surface area contributed by atoms with Crippen molar-refractivity contribution in [3.63, 3.8) is 0 Å². The highest BCUT2D eigenvalue weighted by atomic mass is 35.5. The van der Waals surface area contributed by atoms with E-state index in [9.17, 15) is 9.59 Å². The van der Waals surface area contributed by atoms with Crippen LogP contribution in [0.5, 0.6) is 0 Å². The molecule has 1 aromatic heterocycles. The zero-order valence-electron chi connectivity index (χ0n) is 15.3. The average Bonchev–Trinajstić information content (AvgIpc) is 3.07. The predicted octanol–water partition coefficient (Wildman–Crippen LogP) is 3.76. The zero-order chi connectivity index (χ0) is 20.1. The molecule has 144 valence electrons. The second-order valence-electron chi connectivity index (χ2n) is 6.08. The molecular formula is C19H18ClN5O2S. The highest BCUT2D eigenvalue weighted by molar-refractivity contribution is 7.99. The number of aromatic nitrogens is 3. The molecule has 2 aromatic carbocycles. The summed E-state index contributed by atoms with van der Waals surface area (Å²) >= 11 is 7.44. The maximum atomic E-state index is 12.5. The molecule has 0 saturated carbocycles. The van der Waals surface area contributed by atoms with Gasteiger partial charge in [-0.3, -0.25) is 9.59 Å². The molecule has 0 aliphatic heterocycles. The number of hydrogen-bond donors (Lipinski definition) is 2. The second-order valence-corrected chi connectivity index (χ2v) is 7.43. The second kappa shape index (κ2) is 8.90. The first-order valence-corrected chi connectivity index (χ1v) is 9.73. The van der Waals surface area contributed by atoms with Crippen LogP contribution in [0.15, 0.2) is 53.9 Å². The van der Waals surface area contributed by atoms with Gasteiger partial charge in [-0.05, 0) is 42.8 Å². The summed E-state index contributed by atoms with van der Waals surface area (Å²) in [7, 11) is 1.81. The average molecular weight is 416 g/mol. The number of rotatable bonds is 6. The maximum absolute atomic E-state index is 12.5. The molecule has 28 heavy (non-hydrogen) atoms. The number of benzene rings is 2. The van der Waals surface area contributed by atoms with Crippen LogP contribution in [-0.4, -0.2) is 32.3 Å². The molecule has 0 saturated heterocycles. The summed E-state index contributed by atoms with van der Waals surface area (Å²) in [6, 6.07) is 12.1. The minimum absolute atomic E-state index is 0.182. The monoisotopic (exact) mass is 415 g/mol. The van der Waals surface area contributed by atoms with Gasteiger partial charge in [-0.25, -0.2) is 0 Å². The standard InChI is InChI=1S/C19H18ClN5O2S/c1-12-6-7-16(15(20)8-12)23-18(27)13-4-3-5-14(9-13)22-17(26)10-28-19-24-21-11-25(19)2/h3-9,11H,10H2,1-2H3,(H,22,26)(H,23,27). The van der Waals surface area contributed by atoms with Gasteiger partial charge in [0.2, 0.25) is 5.91 Å². The molecule has 0 aliphatic rings. The highest BCUT2D eigenvalue weighted by Crippen LogP contribution is 2.23. The summed E-state index contributed by atoms with van der Waals surface area (Å²) in [5, 5.41) is 14.4. The number of aryl methyl sites for hydroxylation is 2. The predicted molar refractivity (Wildman–Crippen MR) is 111 cm³/mol. The van der Waals surface area contributed by atoms with Crippen LogP contribution in [-0.2, 0) is 11.8 Å². The van der Waals surface area contributed by atoms with Crippen LogP contribution >= 0.6 is 23.4 Å². The summed E-state index contributed by atoms with van der Waals surface area (Å²) in [6.45, 7) is 1.92. The number of thioether (sulfide) groups is 1. The lowest BCUT2D eigenvalue weighted by Gasteiger charge is -2.10. The van der Waals surface area contributed by atoms with Crippen molar-refractivity contribution in [3.05, 3.63) is 64.9 Å². The third kappa shape index (κ3) is 5.11. The molecule has 1 heterocycles. The smallest absolute Gasteiger partial charge is 0.255 e. The van der Waals surface area contributed by atoms with E-state index >= 15 is 0 Å². The van der Waals surface area contributed by atoms with Crippen molar-refractivity contribution < 1.29 is 9.59 Å². The minimum Gasteiger partial charge on any atom is -0.325 e. The molecule has 7 nitrogen and oxygen atoms in total. The lowest BCUT2D eigenvalue weighted by Crippen LogP contribution is -2.16. The Morgan fingerprint density at radius 2 is 2.00 bits per heavy atom. The van der Waals surface area contributed by atoms with E-state index in [-0.39, 0.29) is 17.6 Å². The zero-order valence-corrected chi connectivity index (χ0v) is 16.8. The lowest BCUT2D eigenvalue weighted by atomic mass is 10.1. The van der Waals surface area contributed by atoms with Gasteiger partial charge in [-0.1, -0.05) is 35.5 Å². The Morgan fingerprint density at radius 3 is 2.71 bits per heavy atom. The molecule has 0 aliphatic carbocycles. The maximum Gasteiger partial charge on any atom is 0.255 e. The van der Waals surface area contributed by atoms with E-state index in [0.29, 0.717) is 27.1 Å². The first-order valence-electron chi connectivity index (χ1n) is 8.36. The number of halogens is 1. The van der Waals surface area contributed by atoms with Crippen LogP contribution in [0.3, 0.4) is 0 Å². The number of nitrogens with zero attached hydrogens (tertiary/aromatic N) is 3. The largest absolute Gasteiger partial charge is 0.325 e. The van der Waals surface area contributed by atoms with E-state index in [2.05, 4.69) is 20.8 Å². The Morgan fingerprint density at radius 1 is 1.18 bits per heavy atom. The van der Waals surface area contributed by atoms with Gasteiger partial charge >= 0.3 is 0 Å². The molecule has 0 radical (unpaired) electrons. The van der Waals surface area contributed by atoms with E-state index in [1.165, 1.54) is 11.8 Å². The van der Waals surface area contributed by atoms with Crippen LogP contribution in [0, 0.1) is 6.92 Å². The van der Waals surface area contributed by atoms with Gasteiger partial charge < -0.3 is 15.2 Å². The van der Waals surface area contributed by atoms with Crippen LogP contribution in [0.2, 0.25) is 5.02 Å². The Labute approximate surface area is 171 Å². The Bertz CT molecular complexity index is 1020. The fourth-order valence-electron chi connectivity index (χ4n) is 2.38. The van der Waals surface area contributed by atoms with Crippen LogP contribution in [0.4, 0.5) is 11.4 Å². The van der Waals surface area contributed by atoms with Gasteiger partial charge in [0.15, 0.2) is 5.16 Å². The summed E-state index contributed by atoms with van der Waals surface area (Å²) < 4.78 is 1.74. The van der Waals surface area contributed by atoms with Gasteiger partial charge in [-0.2, -0.15) is 0 Å². The first kappa shape index (κ1) is 19.9. The lowest BCUT2D eigenvalue weighted by molar-refractivity contribution is -0.113. The molecule has 0 fully saturated rings. The van der Waals surface area contributed by atoms with Crippen LogP contribution in [0.25, 0.3) is 0 Å². The molecular weight excluding hydrogens is 398 g/mol. The minimum atomic E-state index is -0.310. The molecule has 9 heteroatoms. The van der Waals surface area contributed by atoms with Gasteiger partial charge in [0.1, 0.15) is 6.33 Å². The summed E-state index contributed by atoms with van der Waals surface area (Å²) in [4.78, 5) is 24.7. The Balaban J connectivity index is 1.62. The molecule has 0 atom stereocenters. The van der Waals surface area contributed by atoms with Gasteiger partial charge in [0, 0.05) is 18.3 Å². The topological polar surface area (TPSA) is 88.9 Å².